The van der Waals surface area contributed by atoms with Crippen LogP contribution in [0.2, 0.25) is 0 Å². The van der Waals surface area contributed by atoms with Crippen LogP contribution in [0.4, 0.5) is 0 Å². The Labute approximate surface area is 56.2 Å². The number of rotatable bonds is 0. The van der Waals surface area contributed by atoms with Crippen LogP contribution in [0, 0.1) is 0 Å². The van der Waals surface area contributed by atoms with Crippen molar-refractivity contribution in [3.8, 4) is 0 Å². The minimum absolute atomic E-state index is 0. The minimum atomic E-state index is -2.03. The van der Waals surface area contributed by atoms with E-state index in [0.717, 1.165) is 0 Å². The Morgan fingerprint density at radius 2 is 1.00 bits per heavy atom. The fourth-order valence-corrected chi connectivity index (χ4v) is 0. The molecule has 0 aliphatic carbocycles. The van der Waals surface area contributed by atoms with Gasteiger partial charge in [0.1, 0.15) is 0 Å². The molecule has 0 aromatic heterocycles. The summed E-state index contributed by atoms with van der Waals surface area (Å²) in [6.07, 6.45) is 0. The molecule has 0 radical (unpaired) electrons. The predicted octanol–water partition coefficient (Wildman–Crippen LogP) is 1.80. The van der Waals surface area contributed by atoms with E-state index >= 15 is 0 Å². The van der Waals surface area contributed by atoms with E-state index in [1.807, 2.05) is 0 Å². The predicted molar refractivity (Wildman–Crippen MR) is 33.7 cm³/mol. The monoisotopic (exact) mass is 260 g/mol. The van der Waals surface area contributed by atoms with Gasteiger partial charge >= 0.3 is 43.3 Å². The Morgan fingerprint density at radius 1 is 1.00 bits per heavy atom. The van der Waals surface area contributed by atoms with Gasteiger partial charge in [-0.1, -0.05) is 0 Å². The Hall–Kier alpha value is 2.04. The second-order valence-corrected chi connectivity index (χ2v) is 11.6. The van der Waals surface area contributed by atoms with Crippen molar-refractivity contribution in [2.24, 2.45) is 0 Å². The zero-order chi connectivity index (χ0) is 3.58. The summed E-state index contributed by atoms with van der Waals surface area (Å²) in [6, 6.07) is 0. The van der Waals surface area contributed by atoms with Gasteiger partial charge in [-0.3, -0.25) is 0 Å². The fourth-order valence-electron chi connectivity index (χ4n) is 0. The summed E-state index contributed by atoms with van der Waals surface area (Å²) < 4.78 is 0. The van der Waals surface area contributed by atoms with Gasteiger partial charge < -0.3 is 0 Å². The number of halogens is 3. The standard InChI is InChI=1S/3ClH.H2S.Sb/h3*1H;1H2;/q;;;;+3/p-3. The molecular weight excluding hydrogens is 260 g/mol. The van der Waals surface area contributed by atoms with Gasteiger partial charge in [0.05, 0.1) is 0 Å². The fraction of sp³-hybridized carbons (Fsp3) is 0. The van der Waals surface area contributed by atoms with Crippen LogP contribution in [0.15, 0.2) is 0 Å². The van der Waals surface area contributed by atoms with E-state index in [4.69, 9.17) is 26.5 Å². The first kappa shape index (κ1) is 10.1. The van der Waals surface area contributed by atoms with E-state index in [2.05, 4.69) is 0 Å². The Balaban J connectivity index is 0. The molecule has 0 saturated heterocycles. The van der Waals surface area contributed by atoms with Gasteiger partial charge in [0.2, 0.25) is 0 Å². The molecule has 0 heterocycles. The van der Waals surface area contributed by atoms with Crippen LogP contribution in [0.5, 0.6) is 0 Å². The zero-order valence-electron chi connectivity index (χ0n) is 2.08. The Bertz CT molecular complexity index is 11.6. The van der Waals surface area contributed by atoms with E-state index < -0.39 is 16.8 Å². The van der Waals surface area contributed by atoms with Crippen molar-refractivity contribution >= 4 is 56.8 Å². The van der Waals surface area contributed by atoms with Crippen LogP contribution in [0.25, 0.3) is 0 Å². The van der Waals surface area contributed by atoms with Crippen molar-refractivity contribution in [2.45, 2.75) is 0 Å². The zero-order valence-corrected chi connectivity index (χ0v) is 7.90. The number of hydrogen-bond donors (Lipinski definition) is 0. The molecule has 0 aromatic carbocycles. The molecular formula is H2Cl3SSb. The Kier molecular flexibility index (Phi) is 12.2. The number of hydrogen-bond acceptors (Lipinski definition) is 0. The quantitative estimate of drug-likeness (QED) is 0.584. The van der Waals surface area contributed by atoms with Crippen molar-refractivity contribution in [3.05, 3.63) is 0 Å². The van der Waals surface area contributed by atoms with Crippen molar-refractivity contribution in [3.63, 3.8) is 0 Å². The molecule has 34 valence electrons. The maximum absolute atomic E-state index is 4.99. The van der Waals surface area contributed by atoms with Crippen molar-refractivity contribution in [2.75, 3.05) is 0 Å². The molecule has 0 nitrogen and oxygen atoms in total. The summed E-state index contributed by atoms with van der Waals surface area (Å²) >= 11 is -2.03. The molecule has 0 aromatic rings. The van der Waals surface area contributed by atoms with Crippen molar-refractivity contribution in [1.82, 2.24) is 0 Å². The van der Waals surface area contributed by atoms with Gasteiger partial charge in [0, 0.05) is 0 Å². The second kappa shape index (κ2) is 6.04. The van der Waals surface area contributed by atoms with Crippen LogP contribution in [0.1, 0.15) is 0 Å². The van der Waals surface area contributed by atoms with Gasteiger partial charge in [-0.05, 0) is 0 Å². The van der Waals surface area contributed by atoms with Gasteiger partial charge in [0.15, 0.2) is 0 Å². The maximum atomic E-state index is 4.99. The van der Waals surface area contributed by atoms with Crippen LogP contribution < -0.4 is 0 Å². The third-order valence-corrected chi connectivity index (χ3v) is 0. The summed E-state index contributed by atoms with van der Waals surface area (Å²) in [6.45, 7) is 0. The molecule has 5 heavy (non-hydrogen) atoms. The molecule has 0 aliphatic heterocycles. The van der Waals surface area contributed by atoms with E-state index in [9.17, 15) is 0 Å². The van der Waals surface area contributed by atoms with Crippen LogP contribution in [-0.4, -0.2) is 16.8 Å². The average Bonchev–Trinajstić information content (AvgIpc) is 0.811. The van der Waals surface area contributed by atoms with Gasteiger partial charge in [0.25, 0.3) is 0 Å². The first-order chi connectivity index (χ1) is 1.73. The summed E-state index contributed by atoms with van der Waals surface area (Å²) in [4.78, 5) is 0. The third kappa shape index (κ3) is 23.7. The first-order valence-electron chi connectivity index (χ1n) is 0.507. The molecule has 0 bridgehead atoms. The molecule has 0 aliphatic rings. The first-order valence-corrected chi connectivity index (χ1v) is 10.2. The van der Waals surface area contributed by atoms with E-state index in [-0.39, 0.29) is 13.5 Å². The summed E-state index contributed by atoms with van der Waals surface area (Å²) in [5.74, 6) is 0. The average molecular weight is 262 g/mol. The van der Waals surface area contributed by atoms with Crippen LogP contribution >= 0.6 is 40.0 Å². The van der Waals surface area contributed by atoms with Crippen LogP contribution in [0.3, 0.4) is 0 Å². The van der Waals surface area contributed by atoms with Gasteiger partial charge in [-0.25, -0.2) is 0 Å². The van der Waals surface area contributed by atoms with E-state index in [1.165, 1.54) is 0 Å². The van der Waals surface area contributed by atoms with Gasteiger partial charge in [-0.15, -0.1) is 0 Å². The molecule has 0 atom stereocenters. The summed E-state index contributed by atoms with van der Waals surface area (Å²) in [7, 11) is 15.0. The van der Waals surface area contributed by atoms with E-state index in [0.29, 0.717) is 0 Å². The molecule has 0 unspecified atom stereocenters. The summed E-state index contributed by atoms with van der Waals surface area (Å²) in [5.41, 5.74) is 0. The third-order valence-electron chi connectivity index (χ3n) is 0. The summed E-state index contributed by atoms with van der Waals surface area (Å²) in [5, 5.41) is 0. The molecule has 0 N–H and O–H groups in total. The van der Waals surface area contributed by atoms with Crippen LogP contribution in [-0.2, 0) is 0 Å². The topological polar surface area (TPSA) is 0 Å². The molecule has 0 rings (SSSR count). The molecule has 5 heteroatoms. The SMILES string of the molecule is S.[Cl][Sb]([Cl])[Cl]. The molecule has 0 fully saturated rings. The van der Waals surface area contributed by atoms with Crippen molar-refractivity contribution in [1.29, 1.82) is 0 Å². The molecule has 0 saturated carbocycles. The van der Waals surface area contributed by atoms with Gasteiger partial charge in [-0.2, -0.15) is 13.5 Å². The second-order valence-electron chi connectivity index (χ2n) is 0.192. The van der Waals surface area contributed by atoms with E-state index in [1.54, 1.807) is 0 Å². The van der Waals surface area contributed by atoms with Crippen molar-refractivity contribution < 1.29 is 0 Å². The molecule has 0 spiro atoms. The molecule has 0 amide bonds. The normalized spacial score (nSPS) is 7.20. The Morgan fingerprint density at radius 3 is 1.00 bits per heavy atom.